The molecule has 2 heterocycles. The lowest BCUT2D eigenvalue weighted by Crippen LogP contribution is -2.28. The van der Waals surface area contributed by atoms with E-state index in [0.717, 1.165) is 11.1 Å². The molecule has 144 valence electrons. The second-order valence-electron chi connectivity index (χ2n) is 6.41. The molecule has 9 nitrogen and oxygen atoms in total. The number of hydrogen-bond acceptors (Lipinski definition) is 7. The second kappa shape index (κ2) is 7.18. The zero-order valence-electron chi connectivity index (χ0n) is 15.4. The molecule has 0 bridgehead atoms. The van der Waals surface area contributed by atoms with Crippen LogP contribution in [0.2, 0.25) is 0 Å². The zero-order valence-corrected chi connectivity index (χ0v) is 15.4. The first-order chi connectivity index (χ1) is 13.6. The van der Waals surface area contributed by atoms with E-state index in [4.69, 9.17) is 9.47 Å². The van der Waals surface area contributed by atoms with Gasteiger partial charge >= 0.3 is 0 Å². The summed E-state index contributed by atoms with van der Waals surface area (Å²) in [6, 6.07) is 12.0. The highest BCUT2D eigenvalue weighted by molar-refractivity contribution is 5.50. The van der Waals surface area contributed by atoms with Crippen LogP contribution in [0.5, 0.6) is 11.5 Å². The number of nitro groups is 1. The smallest absolute Gasteiger partial charge is 0.269 e. The van der Waals surface area contributed by atoms with Crippen molar-refractivity contribution >= 4 is 11.6 Å². The average Bonchev–Trinajstić information content (AvgIpc) is 3.21. The van der Waals surface area contributed by atoms with Crippen molar-refractivity contribution in [2.75, 3.05) is 19.5 Å². The summed E-state index contributed by atoms with van der Waals surface area (Å²) in [5.74, 6) is 1.86. The molecule has 0 amide bonds. The Labute approximate surface area is 161 Å². The molecule has 0 unspecified atom stereocenters. The van der Waals surface area contributed by atoms with E-state index in [1.807, 2.05) is 24.3 Å². The molecule has 2 atom stereocenters. The number of non-ortho nitro benzene ring substituents is 1. The summed E-state index contributed by atoms with van der Waals surface area (Å²) in [5.41, 5.74) is 1.78. The predicted molar refractivity (Wildman–Crippen MR) is 102 cm³/mol. The lowest BCUT2D eigenvalue weighted by molar-refractivity contribution is -0.384. The fraction of sp³-hybridized carbons (Fsp3) is 0.263. The van der Waals surface area contributed by atoms with E-state index >= 15 is 0 Å². The molecule has 1 aromatic heterocycles. The van der Waals surface area contributed by atoms with Crippen molar-refractivity contribution in [3.63, 3.8) is 0 Å². The maximum absolute atomic E-state index is 11.2. The van der Waals surface area contributed by atoms with Crippen LogP contribution < -0.4 is 14.8 Å². The minimum atomic E-state index is -0.391. The molecule has 3 aromatic rings. The number of aromatic nitrogens is 3. The van der Waals surface area contributed by atoms with Gasteiger partial charge in [-0.1, -0.05) is 24.3 Å². The van der Waals surface area contributed by atoms with Crippen molar-refractivity contribution in [1.29, 1.82) is 0 Å². The number of rotatable bonds is 5. The van der Waals surface area contributed by atoms with E-state index in [2.05, 4.69) is 15.4 Å². The molecule has 1 N–H and O–H groups in total. The molecule has 4 rings (SSSR count). The number of para-hydroxylation sites is 1. The molecule has 28 heavy (non-hydrogen) atoms. The number of nitrogens with one attached hydrogen (secondary N) is 1. The van der Waals surface area contributed by atoms with Crippen LogP contribution in [0.3, 0.4) is 0 Å². The number of anilines is 1. The Morgan fingerprint density at radius 1 is 1.21 bits per heavy atom. The quantitative estimate of drug-likeness (QED) is 0.534. The largest absolute Gasteiger partial charge is 0.493 e. The first kappa shape index (κ1) is 17.8. The van der Waals surface area contributed by atoms with Crippen molar-refractivity contribution in [2.45, 2.75) is 18.5 Å². The number of fused-ring (bicyclic) bond motifs is 1. The van der Waals surface area contributed by atoms with E-state index in [9.17, 15) is 10.1 Å². The normalized spacial score (nSPS) is 18.1. The van der Waals surface area contributed by atoms with Gasteiger partial charge in [0.2, 0.25) is 5.95 Å². The molecule has 1 aliphatic heterocycles. The van der Waals surface area contributed by atoms with Gasteiger partial charge in [0, 0.05) is 17.7 Å². The third-order valence-electron chi connectivity index (χ3n) is 4.91. The molecule has 2 aromatic carbocycles. The monoisotopic (exact) mass is 381 g/mol. The van der Waals surface area contributed by atoms with Crippen LogP contribution in [0.15, 0.2) is 48.8 Å². The van der Waals surface area contributed by atoms with Gasteiger partial charge in [-0.15, -0.1) is 0 Å². The van der Waals surface area contributed by atoms with Crippen molar-refractivity contribution in [3.8, 4) is 11.5 Å². The first-order valence-corrected chi connectivity index (χ1v) is 8.73. The molecule has 0 aliphatic carbocycles. The number of ether oxygens (including phenoxy) is 2. The van der Waals surface area contributed by atoms with Gasteiger partial charge in [-0.05, 0) is 18.1 Å². The highest BCUT2D eigenvalue weighted by atomic mass is 16.6. The number of nitrogens with zero attached hydrogens (tertiary/aromatic N) is 4. The lowest BCUT2D eigenvalue weighted by Gasteiger charge is -2.32. The van der Waals surface area contributed by atoms with Gasteiger partial charge < -0.3 is 14.8 Å². The number of methoxy groups -OCH3 is 2. The summed E-state index contributed by atoms with van der Waals surface area (Å²) in [6.07, 6.45) is 2.10. The first-order valence-electron chi connectivity index (χ1n) is 8.73. The summed E-state index contributed by atoms with van der Waals surface area (Å²) in [4.78, 5) is 15.1. The standard InChI is InChI=1S/C19H19N5O4/c1-27-17-8-4-7-14(18(17)28-2)16-10-15(22-19-20-11-21-23(16)19)12-5-3-6-13(9-12)24(25)26/h3-9,11,15-16H,10H2,1-2H3,(H,20,21,22)/t15-,16-/m0/s1. The van der Waals surface area contributed by atoms with Crippen LogP contribution in [0.1, 0.15) is 29.6 Å². The minimum absolute atomic E-state index is 0.0573. The highest BCUT2D eigenvalue weighted by Crippen LogP contribution is 2.43. The average molecular weight is 381 g/mol. The molecule has 0 saturated heterocycles. The molecule has 0 saturated carbocycles. The molecule has 0 spiro atoms. The maximum Gasteiger partial charge on any atom is 0.269 e. The minimum Gasteiger partial charge on any atom is -0.493 e. The van der Waals surface area contributed by atoms with Gasteiger partial charge in [-0.25, -0.2) is 4.68 Å². The Morgan fingerprint density at radius 3 is 2.79 bits per heavy atom. The van der Waals surface area contributed by atoms with Gasteiger partial charge in [0.1, 0.15) is 6.33 Å². The van der Waals surface area contributed by atoms with Crippen LogP contribution in [-0.4, -0.2) is 33.9 Å². The van der Waals surface area contributed by atoms with Crippen LogP contribution in [0, 0.1) is 10.1 Å². The summed E-state index contributed by atoms with van der Waals surface area (Å²) in [5, 5.41) is 18.8. The highest BCUT2D eigenvalue weighted by Gasteiger charge is 2.32. The van der Waals surface area contributed by atoms with Gasteiger partial charge in [-0.2, -0.15) is 10.1 Å². The van der Waals surface area contributed by atoms with E-state index in [-0.39, 0.29) is 17.8 Å². The number of nitro benzene ring substituents is 1. The molecular formula is C19H19N5O4. The molecule has 0 radical (unpaired) electrons. The molecule has 0 fully saturated rings. The third kappa shape index (κ3) is 3.00. The molecule has 9 heteroatoms. The predicted octanol–water partition coefficient (Wildman–Crippen LogP) is 3.35. The number of benzene rings is 2. The number of hydrogen-bond donors (Lipinski definition) is 1. The summed E-state index contributed by atoms with van der Waals surface area (Å²) < 4.78 is 12.8. The fourth-order valence-electron chi connectivity index (χ4n) is 3.63. The molecule has 1 aliphatic rings. The summed E-state index contributed by atoms with van der Waals surface area (Å²) >= 11 is 0. The van der Waals surface area contributed by atoms with Crippen LogP contribution >= 0.6 is 0 Å². The Kier molecular flexibility index (Phi) is 4.56. The third-order valence-corrected chi connectivity index (χ3v) is 4.91. The second-order valence-corrected chi connectivity index (χ2v) is 6.41. The van der Waals surface area contributed by atoms with Crippen molar-refractivity contribution in [3.05, 3.63) is 70.0 Å². The van der Waals surface area contributed by atoms with E-state index in [0.29, 0.717) is 23.9 Å². The molecular weight excluding hydrogens is 362 g/mol. The Balaban J connectivity index is 1.78. The van der Waals surface area contributed by atoms with Crippen LogP contribution in [-0.2, 0) is 0 Å². The van der Waals surface area contributed by atoms with Gasteiger partial charge in [-0.3, -0.25) is 10.1 Å². The van der Waals surface area contributed by atoms with E-state index < -0.39 is 4.92 Å². The lowest BCUT2D eigenvalue weighted by atomic mass is 9.92. The summed E-state index contributed by atoms with van der Waals surface area (Å²) in [7, 11) is 3.19. The Morgan fingerprint density at radius 2 is 2.04 bits per heavy atom. The SMILES string of the molecule is COc1cccc([C@@H]2C[C@@H](c3cccc([N+](=O)[O-])c3)Nc3ncnn32)c1OC. The topological polar surface area (TPSA) is 104 Å². The Hall–Kier alpha value is -3.62. The summed E-state index contributed by atoms with van der Waals surface area (Å²) in [6.45, 7) is 0. The van der Waals surface area contributed by atoms with Crippen LogP contribution in [0.4, 0.5) is 11.6 Å². The van der Waals surface area contributed by atoms with Crippen LogP contribution in [0.25, 0.3) is 0 Å². The van der Waals surface area contributed by atoms with E-state index in [1.165, 1.54) is 12.4 Å². The van der Waals surface area contributed by atoms with Gasteiger partial charge in [0.05, 0.1) is 31.2 Å². The van der Waals surface area contributed by atoms with Gasteiger partial charge in [0.25, 0.3) is 5.69 Å². The van der Waals surface area contributed by atoms with Crippen molar-refractivity contribution < 1.29 is 14.4 Å². The fourth-order valence-corrected chi connectivity index (χ4v) is 3.63. The van der Waals surface area contributed by atoms with Crippen molar-refractivity contribution in [2.24, 2.45) is 0 Å². The van der Waals surface area contributed by atoms with E-state index in [1.54, 1.807) is 31.0 Å². The van der Waals surface area contributed by atoms with Gasteiger partial charge in [0.15, 0.2) is 11.5 Å². The zero-order chi connectivity index (χ0) is 19.7. The Bertz CT molecular complexity index is 1020. The van der Waals surface area contributed by atoms with Crippen molar-refractivity contribution in [1.82, 2.24) is 14.8 Å². The maximum atomic E-state index is 11.2.